The average Bonchev–Trinajstić information content (AvgIpc) is 3.33. The van der Waals surface area contributed by atoms with E-state index in [2.05, 4.69) is 9.97 Å². The molecule has 1 unspecified atom stereocenters. The fourth-order valence-electron chi connectivity index (χ4n) is 3.00. The summed E-state index contributed by atoms with van der Waals surface area (Å²) < 4.78 is 7.01. The van der Waals surface area contributed by atoms with Crippen LogP contribution in [0.25, 0.3) is 17.1 Å². The van der Waals surface area contributed by atoms with Crippen molar-refractivity contribution in [1.82, 2.24) is 19.3 Å². The van der Waals surface area contributed by atoms with E-state index in [-0.39, 0.29) is 29.0 Å². The number of furan rings is 1. The first-order valence-corrected chi connectivity index (χ1v) is 7.81. The maximum absolute atomic E-state index is 12.8. The highest BCUT2D eigenvalue weighted by Gasteiger charge is 2.27. The van der Waals surface area contributed by atoms with Gasteiger partial charge in [0.1, 0.15) is 12.0 Å². The molecular weight excluding hydrogens is 324 g/mol. The molecule has 0 aliphatic carbocycles. The predicted molar refractivity (Wildman–Crippen MR) is 87.7 cm³/mol. The first-order valence-electron chi connectivity index (χ1n) is 7.81. The largest absolute Gasteiger partial charge is 0.463 e. The second-order valence-corrected chi connectivity index (χ2v) is 5.95. The van der Waals surface area contributed by atoms with E-state index in [1.165, 1.54) is 12.6 Å². The SMILES string of the molecule is NC(=O)c1ncn2c(-c3ccco3)cc(C(=O)N3CCC(N)C3)nc12. The van der Waals surface area contributed by atoms with Crippen molar-refractivity contribution in [3.8, 4) is 11.5 Å². The van der Waals surface area contributed by atoms with Crippen molar-refractivity contribution in [1.29, 1.82) is 0 Å². The van der Waals surface area contributed by atoms with Gasteiger partial charge in [-0.3, -0.25) is 14.0 Å². The van der Waals surface area contributed by atoms with Gasteiger partial charge in [0.15, 0.2) is 17.1 Å². The third-order valence-corrected chi connectivity index (χ3v) is 4.24. The number of hydrogen-bond donors (Lipinski definition) is 2. The summed E-state index contributed by atoms with van der Waals surface area (Å²) >= 11 is 0. The predicted octanol–water partition coefficient (Wildman–Crippen LogP) is 0.261. The first-order chi connectivity index (χ1) is 12.0. The number of aromatic nitrogens is 3. The van der Waals surface area contributed by atoms with E-state index in [0.29, 0.717) is 24.5 Å². The Balaban J connectivity index is 1.88. The molecule has 3 aromatic rings. The normalized spacial score (nSPS) is 17.3. The highest BCUT2D eigenvalue weighted by atomic mass is 16.3. The smallest absolute Gasteiger partial charge is 0.272 e. The van der Waals surface area contributed by atoms with E-state index < -0.39 is 5.91 Å². The van der Waals surface area contributed by atoms with Crippen molar-refractivity contribution in [2.45, 2.75) is 12.5 Å². The maximum Gasteiger partial charge on any atom is 0.272 e. The maximum atomic E-state index is 12.8. The van der Waals surface area contributed by atoms with Crippen LogP contribution in [-0.2, 0) is 0 Å². The summed E-state index contributed by atoms with van der Waals surface area (Å²) in [5.41, 5.74) is 12.2. The van der Waals surface area contributed by atoms with Crippen LogP contribution in [0.1, 0.15) is 27.4 Å². The molecule has 0 spiro atoms. The Hall–Kier alpha value is -3.20. The van der Waals surface area contributed by atoms with Gasteiger partial charge >= 0.3 is 0 Å². The van der Waals surface area contributed by atoms with E-state index in [1.54, 1.807) is 27.5 Å². The molecule has 0 saturated carbocycles. The minimum absolute atomic E-state index is 0.000537. The fraction of sp³-hybridized carbons (Fsp3) is 0.250. The monoisotopic (exact) mass is 340 g/mol. The molecule has 25 heavy (non-hydrogen) atoms. The molecule has 9 nitrogen and oxygen atoms in total. The van der Waals surface area contributed by atoms with Crippen molar-refractivity contribution in [3.05, 3.63) is 42.2 Å². The molecule has 4 N–H and O–H groups in total. The zero-order chi connectivity index (χ0) is 17.6. The molecule has 2 amide bonds. The van der Waals surface area contributed by atoms with Crippen LogP contribution in [0, 0.1) is 0 Å². The van der Waals surface area contributed by atoms with Gasteiger partial charge in [-0.2, -0.15) is 0 Å². The number of nitrogens with two attached hydrogens (primary N) is 2. The van der Waals surface area contributed by atoms with Crippen LogP contribution >= 0.6 is 0 Å². The van der Waals surface area contributed by atoms with Crippen LogP contribution in [0.4, 0.5) is 0 Å². The molecule has 1 saturated heterocycles. The van der Waals surface area contributed by atoms with Crippen molar-refractivity contribution < 1.29 is 14.0 Å². The molecule has 3 aromatic heterocycles. The van der Waals surface area contributed by atoms with Gasteiger partial charge in [0.05, 0.1) is 12.0 Å². The second kappa shape index (κ2) is 5.71. The summed E-state index contributed by atoms with van der Waals surface area (Å²) in [6.45, 7) is 1.05. The summed E-state index contributed by atoms with van der Waals surface area (Å²) in [7, 11) is 0. The number of nitrogens with zero attached hydrogens (tertiary/aromatic N) is 4. The minimum Gasteiger partial charge on any atom is -0.463 e. The van der Waals surface area contributed by atoms with Gasteiger partial charge in [0, 0.05) is 19.1 Å². The van der Waals surface area contributed by atoms with Crippen LogP contribution in [0.15, 0.2) is 35.2 Å². The van der Waals surface area contributed by atoms with Crippen molar-refractivity contribution >= 4 is 17.5 Å². The molecule has 128 valence electrons. The van der Waals surface area contributed by atoms with E-state index >= 15 is 0 Å². The van der Waals surface area contributed by atoms with Crippen LogP contribution in [0.5, 0.6) is 0 Å². The fourth-order valence-corrected chi connectivity index (χ4v) is 3.00. The van der Waals surface area contributed by atoms with Gasteiger partial charge in [-0.15, -0.1) is 0 Å². The Kier molecular flexibility index (Phi) is 3.50. The molecule has 0 bridgehead atoms. The molecule has 1 aliphatic rings. The third-order valence-electron chi connectivity index (χ3n) is 4.24. The molecule has 0 radical (unpaired) electrons. The number of fused-ring (bicyclic) bond motifs is 1. The number of rotatable bonds is 3. The van der Waals surface area contributed by atoms with Gasteiger partial charge in [0.25, 0.3) is 11.8 Å². The number of imidazole rings is 1. The Morgan fingerprint density at radius 1 is 1.36 bits per heavy atom. The summed E-state index contributed by atoms with van der Waals surface area (Å²) in [5.74, 6) is -0.443. The molecule has 1 atom stereocenters. The molecule has 1 aliphatic heterocycles. The quantitative estimate of drug-likeness (QED) is 0.703. The standard InChI is InChI=1S/C16H16N6O3/c17-9-3-4-21(7-9)16(24)10-6-11(12-2-1-5-25-12)22-8-19-13(14(18)23)15(22)20-10/h1-2,5-6,8-9H,3-4,7,17H2,(H2,18,23). The number of likely N-dealkylation sites (tertiary alicyclic amines) is 1. The van der Waals surface area contributed by atoms with Crippen molar-refractivity contribution in [2.24, 2.45) is 11.5 Å². The number of hydrogen-bond acceptors (Lipinski definition) is 6. The number of carbonyl (C=O) groups excluding carboxylic acids is 2. The van der Waals surface area contributed by atoms with Gasteiger partial charge in [-0.05, 0) is 24.6 Å². The molecule has 0 aromatic carbocycles. The zero-order valence-corrected chi connectivity index (χ0v) is 13.3. The molecule has 4 rings (SSSR count). The molecule has 9 heteroatoms. The molecule has 1 fully saturated rings. The van der Waals surface area contributed by atoms with E-state index in [0.717, 1.165) is 6.42 Å². The first kappa shape index (κ1) is 15.3. The molecule has 4 heterocycles. The number of primary amides is 1. The second-order valence-electron chi connectivity index (χ2n) is 5.95. The molecular formula is C16H16N6O3. The van der Waals surface area contributed by atoms with Gasteiger partial charge in [-0.1, -0.05) is 0 Å². The zero-order valence-electron chi connectivity index (χ0n) is 13.3. The van der Waals surface area contributed by atoms with Crippen LogP contribution in [-0.4, -0.2) is 50.2 Å². The van der Waals surface area contributed by atoms with Gasteiger partial charge in [-0.25, -0.2) is 9.97 Å². The number of amides is 2. The summed E-state index contributed by atoms with van der Waals surface area (Å²) in [4.78, 5) is 34.4. The number of carbonyl (C=O) groups is 2. The van der Waals surface area contributed by atoms with Gasteiger partial charge < -0.3 is 20.8 Å². The van der Waals surface area contributed by atoms with Crippen LogP contribution in [0.3, 0.4) is 0 Å². The van der Waals surface area contributed by atoms with Gasteiger partial charge in [0.2, 0.25) is 0 Å². The third kappa shape index (κ3) is 2.54. The summed E-state index contributed by atoms with van der Waals surface area (Å²) in [5, 5.41) is 0. The minimum atomic E-state index is -0.715. The highest BCUT2D eigenvalue weighted by molar-refractivity contribution is 5.99. The Bertz CT molecular complexity index is 962. The highest BCUT2D eigenvalue weighted by Crippen LogP contribution is 2.24. The lowest BCUT2D eigenvalue weighted by Gasteiger charge is -2.16. The lowest BCUT2D eigenvalue weighted by Crippen LogP contribution is -2.32. The van der Waals surface area contributed by atoms with E-state index in [4.69, 9.17) is 15.9 Å². The summed E-state index contributed by atoms with van der Waals surface area (Å²) in [6, 6.07) is 5.06. The summed E-state index contributed by atoms with van der Waals surface area (Å²) in [6.07, 6.45) is 3.70. The topological polar surface area (TPSA) is 133 Å². The van der Waals surface area contributed by atoms with E-state index in [9.17, 15) is 9.59 Å². The van der Waals surface area contributed by atoms with Crippen LogP contribution < -0.4 is 11.5 Å². The average molecular weight is 340 g/mol. The van der Waals surface area contributed by atoms with Crippen molar-refractivity contribution in [3.63, 3.8) is 0 Å². The lowest BCUT2D eigenvalue weighted by molar-refractivity contribution is 0.0785. The lowest BCUT2D eigenvalue weighted by atomic mass is 10.2. The van der Waals surface area contributed by atoms with E-state index in [1.807, 2.05) is 0 Å². The Morgan fingerprint density at radius 3 is 2.84 bits per heavy atom. The van der Waals surface area contributed by atoms with Crippen LogP contribution in [0.2, 0.25) is 0 Å². The Labute approximate surface area is 142 Å². The van der Waals surface area contributed by atoms with Crippen molar-refractivity contribution in [2.75, 3.05) is 13.1 Å². The Morgan fingerprint density at radius 2 is 2.20 bits per heavy atom.